The van der Waals surface area contributed by atoms with Gasteiger partial charge in [0.25, 0.3) is 0 Å². The van der Waals surface area contributed by atoms with Crippen molar-refractivity contribution in [2.45, 2.75) is 84.2 Å². The lowest BCUT2D eigenvalue weighted by Crippen LogP contribution is -2.40. The fraction of sp³-hybridized carbons (Fsp3) is 0.938. The molecule has 1 aliphatic rings. The third-order valence-electron chi connectivity index (χ3n) is 4.30. The molecule has 19 heavy (non-hydrogen) atoms. The molecule has 3 nitrogen and oxygen atoms in total. The summed E-state index contributed by atoms with van der Waals surface area (Å²) in [7, 11) is 0. The molecular formula is C16H32N2O. The highest BCUT2D eigenvalue weighted by atomic mass is 16.1. The van der Waals surface area contributed by atoms with Crippen molar-refractivity contribution in [1.29, 1.82) is 0 Å². The van der Waals surface area contributed by atoms with Crippen molar-refractivity contribution in [3.8, 4) is 0 Å². The van der Waals surface area contributed by atoms with Crippen LogP contribution in [-0.4, -0.2) is 18.0 Å². The molecule has 0 aromatic heterocycles. The first-order valence-corrected chi connectivity index (χ1v) is 8.08. The number of nitrogens with one attached hydrogen (secondary N) is 1. The van der Waals surface area contributed by atoms with Gasteiger partial charge in [0.15, 0.2) is 0 Å². The van der Waals surface area contributed by atoms with Gasteiger partial charge in [0.1, 0.15) is 0 Å². The van der Waals surface area contributed by atoms with Crippen LogP contribution in [0.5, 0.6) is 0 Å². The zero-order valence-corrected chi connectivity index (χ0v) is 13.0. The number of hydrogen-bond acceptors (Lipinski definition) is 2. The third kappa shape index (κ3) is 6.42. The molecular weight excluding hydrogens is 236 g/mol. The van der Waals surface area contributed by atoms with Gasteiger partial charge in [0, 0.05) is 18.0 Å². The Kier molecular flexibility index (Phi) is 7.44. The first-order valence-electron chi connectivity index (χ1n) is 8.08. The summed E-state index contributed by atoms with van der Waals surface area (Å²) in [4.78, 5) is 12.2. The first kappa shape index (κ1) is 16.5. The molecule has 1 rings (SSSR count). The molecule has 0 radical (unpaired) electrons. The van der Waals surface area contributed by atoms with Crippen LogP contribution in [-0.2, 0) is 4.79 Å². The van der Waals surface area contributed by atoms with Gasteiger partial charge in [-0.3, -0.25) is 4.79 Å². The van der Waals surface area contributed by atoms with Crippen molar-refractivity contribution in [3.05, 3.63) is 0 Å². The molecule has 1 aliphatic carbocycles. The second-order valence-electron chi connectivity index (χ2n) is 6.48. The summed E-state index contributed by atoms with van der Waals surface area (Å²) in [5.41, 5.74) is 5.76. The molecule has 1 amide bonds. The maximum Gasteiger partial charge on any atom is 0.223 e. The number of rotatable bonds is 7. The minimum absolute atomic E-state index is 0.153. The van der Waals surface area contributed by atoms with Crippen LogP contribution in [0, 0.1) is 11.8 Å². The van der Waals surface area contributed by atoms with Crippen molar-refractivity contribution in [2.75, 3.05) is 0 Å². The Bertz CT molecular complexity index is 257. The van der Waals surface area contributed by atoms with E-state index in [2.05, 4.69) is 12.2 Å². The molecule has 0 heterocycles. The number of carbonyl (C=O) groups is 1. The highest BCUT2D eigenvalue weighted by molar-refractivity contribution is 5.78. The van der Waals surface area contributed by atoms with Crippen LogP contribution in [0.25, 0.3) is 0 Å². The summed E-state index contributed by atoms with van der Waals surface area (Å²) in [6.07, 6.45) is 9.46. The van der Waals surface area contributed by atoms with Gasteiger partial charge in [-0.2, -0.15) is 0 Å². The Labute approximate surface area is 118 Å². The lowest BCUT2D eigenvalue weighted by Gasteiger charge is -2.29. The number of carbonyl (C=O) groups excluding carboxylic acids is 1. The fourth-order valence-electron chi connectivity index (χ4n) is 3.18. The molecule has 3 heteroatoms. The number of hydrogen-bond donors (Lipinski definition) is 2. The SMILES string of the molecule is CCCCC1CCC(C(=O)NC(C)CC(C)N)CC1. The lowest BCUT2D eigenvalue weighted by molar-refractivity contribution is -0.126. The molecule has 2 unspecified atom stereocenters. The van der Waals surface area contributed by atoms with Crippen LogP contribution in [0.4, 0.5) is 0 Å². The smallest absolute Gasteiger partial charge is 0.223 e. The quantitative estimate of drug-likeness (QED) is 0.745. The Hall–Kier alpha value is -0.570. The molecule has 0 bridgehead atoms. The van der Waals surface area contributed by atoms with Crippen LogP contribution in [0.1, 0.15) is 72.1 Å². The van der Waals surface area contributed by atoms with E-state index in [9.17, 15) is 4.79 Å². The van der Waals surface area contributed by atoms with Crippen LogP contribution in [0.2, 0.25) is 0 Å². The predicted octanol–water partition coefficient (Wildman–Crippen LogP) is 3.23. The van der Waals surface area contributed by atoms with Gasteiger partial charge in [-0.1, -0.05) is 26.2 Å². The average Bonchev–Trinajstić information content (AvgIpc) is 2.35. The minimum atomic E-state index is 0.153. The first-order chi connectivity index (χ1) is 9.02. The molecule has 112 valence electrons. The number of unbranched alkanes of at least 4 members (excludes halogenated alkanes) is 1. The van der Waals surface area contributed by atoms with Crippen molar-refractivity contribution in [2.24, 2.45) is 17.6 Å². The molecule has 0 aliphatic heterocycles. The molecule has 1 saturated carbocycles. The van der Waals surface area contributed by atoms with E-state index in [0.29, 0.717) is 0 Å². The molecule has 1 fully saturated rings. The highest BCUT2D eigenvalue weighted by Gasteiger charge is 2.26. The summed E-state index contributed by atoms with van der Waals surface area (Å²) in [5.74, 6) is 1.36. The summed E-state index contributed by atoms with van der Waals surface area (Å²) in [6.45, 7) is 6.29. The van der Waals surface area contributed by atoms with Gasteiger partial charge in [0.05, 0.1) is 0 Å². The van der Waals surface area contributed by atoms with E-state index in [1.54, 1.807) is 0 Å². The van der Waals surface area contributed by atoms with Crippen molar-refractivity contribution >= 4 is 5.91 Å². The zero-order valence-electron chi connectivity index (χ0n) is 13.0. The number of nitrogens with two attached hydrogens (primary N) is 1. The average molecular weight is 268 g/mol. The van der Waals surface area contributed by atoms with E-state index < -0.39 is 0 Å². The van der Waals surface area contributed by atoms with E-state index in [0.717, 1.165) is 25.2 Å². The summed E-state index contributed by atoms with van der Waals surface area (Å²) >= 11 is 0. The predicted molar refractivity (Wildman–Crippen MR) is 80.8 cm³/mol. The summed E-state index contributed by atoms with van der Waals surface area (Å²) in [6, 6.07) is 0.352. The maximum atomic E-state index is 12.2. The molecule has 0 spiro atoms. The molecule has 3 N–H and O–H groups in total. The lowest BCUT2D eigenvalue weighted by atomic mass is 9.79. The van der Waals surface area contributed by atoms with Crippen LogP contribution >= 0.6 is 0 Å². The van der Waals surface area contributed by atoms with Crippen LogP contribution in [0.3, 0.4) is 0 Å². The standard InChI is InChI=1S/C16H32N2O/c1-4-5-6-14-7-9-15(10-8-14)16(19)18-13(3)11-12(2)17/h12-15H,4-11,17H2,1-3H3,(H,18,19). The maximum absolute atomic E-state index is 12.2. The Morgan fingerprint density at radius 3 is 2.42 bits per heavy atom. The van der Waals surface area contributed by atoms with Gasteiger partial charge >= 0.3 is 0 Å². The Morgan fingerprint density at radius 2 is 1.89 bits per heavy atom. The van der Waals surface area contributed by atoms with Gasteiger partial charge < -0.3 is 11.1 Å². The number of amides is 1. The highest BCUT2D eigenvalue weighted by Crippen LogP contribution is 2.32. The monoisotopic (exact) mass is 268 g/mol. The molecule has 0 aromatic rings. The molecule has 2 atom stereocenters. The van der Waals surface area contributed by atoms with Gasteiger partial charge in [0.2, 0.25) is 5.91 Å². The largest absolute Gasteiger partial charge is 0.353 e. The normalized spacial score (nSPS) is 26.7. The van der Waals surface area contributed by atoms with E-state index >= 15 is 0 Å². The Morgan fingerprint density at radius 1 is 1.26 bits per heavy atom. The fourth-order valence-corrected chi connectivity index (χ4v) is 3.18. The Balaban J connectivity index is 2.24. The second-order valence-corrected chi connectivity index (χ2v) is 6.48. The topological polar surface area (TPSA) is 55.1 Å². The van der Waals surface area contributed by atoms with Crippen molar-refractivity contribution < 1.29 is 4.79 Å². The van der Waals surface area contributed by atoms with E-state index in [1.165, 1.54) is 32.1 Å². The third-order valence-corrected chi connectivity index (χ3v) is 4.30. The van der Waals surface area contributed by atoms with E-state index in [1.807, 2.05) is 13.8 Å². The minimum Gasteiger partial charge on any atom is -0.353 e. The van der Waals surface area contributed by atoms with Gasteiger partial charge in [-0.25, -0.2) is 0 Å². The van der Waals surface area contributed by atoms with E-state index in [4.69, 9.17) is 5.73 Å². The second kappa shape index (κ2) is 8.57. The summed E-state index contributed by atoms with van der Waals surface area (Å²) in [5, 5.41) is 3.12. The zero-order chi connectivity index (χ0) is 14.3. The van der Waals surface area contributed by atoms with Gasteiger partial charge in [-0.15, -0.1) is 0 Å². The van der Waals surface area contributed by atoms with Gasteiger partial charge in [-0.05, 0) is 51.9 Å². The summed E-state index contributed by atoms with van der Waals surface area (Å²) < 4.78 is 0. The van der Waals surface area contributed by atoms with E-state index in [-0.39, 0.29) is 23.9 Å². The van der Waals surface area contributed by atoms with Crippen molar-refractivity contribution in [1.82, 2.24) is 5.32 Å². The van der Waals surface area contributed by atoms with Crippen molar-refractivity contribution in [3.63, 3.8) is 0 Å². The van der Waals surface area contributed by atoms with Crippen LogP contribution in [0.15, 0.2) is 0 Å². The molecule has 0 saturated heterocycles. The molecule has 0 aromatic carbocycles. The van der Waals surface area contributed by atoms with Crippen LogP contribution < -0.4 is 11.1 Å².